The molecule has 0 nitrogen and oxygen atoms in total. The molecule has 0 aromatic carbocycles. The van der Waals surface area contributed by atoms with Crippen molar-refractivity contribution in [3.63, 3.8) is 0 Å². The van der Waals surface area contributed by atoms with Gasteiger partial charge in [0.2, 0.25) is 0 Å². The summed E-state index contributed by atoms with van der Waals surface area (Å²) in [6, 6.07) is 1.32. The van der Waals surface area contributed by atoms with E-state index in [1.165, 1.54) is 6.04 Å². The average molecular weight is 186 g/mol. The maximum absolute atomic E-state index is 4.21. The van der Waals surface area contributed by atoms with Gasteiger partial charge in [-0.25, -0.2) is 0 Å². The molecule has 0 rings (SSSR count). The average Bonchev–Trinajstić information content (AvgIpc) is 1.56. The van der Waals surface area contributed by atoms with Gasteiger partial charge in [0.25, 0.3) is 0 Å². The van der Waals surface area contributed by atoms with Crippen molar-refractivity contribution in [2.75, 3.05) is 0 Å². The van der Waals surface area contributed by atoms with Gasteiger partial charge in [0.05, 0.1) is 8.07 Å². The SMILES string of the molecule is C=C(C[Si](C)(C)C)[Si](C)(C)C. The van der Waals surface area contributed by atoms with Crippen LogP contribution < -0.4 is 0 Å². The third-order valence-electron chi connectivity index (χ3n) is 1.80. The van der Waals surface area contributed by atoms with Gasteiger partial charge in [-0.2, -0.15) is 0 Å². The van der Waals surface area contributed by atoms with Gasteiger partial charge in [0.15, 0.2) is 0 Å². The van der Waals surface area contributed by atoms with Crippen LogP contribution in [0.4, 0.5) is 0 Å². The van der Waals surface area contributed by atoms with Crippen LogP contribution >= 0.6 is 0 Å². The third-order valence-corrected chi connectivity index (χ3v) is 5.94. The second kappa shape index (κ2) is 3.27. The first-order valence-corrected chi connectivity index (χ1v) is 11.5. The van der Waals surface area contributed by atoms with E-state index in [0.29, 0.717) is 0 Å². The molecular weight excluding hydrogens is 164 g/mol. The smallest absolute Gasteiger partial charge is 0.0712 e. The first-order valence-electron chi connectivity index (χ1n) is 4.31. The minimum absolute atomic E-state index is 0.895. The lowest BCUT2D eigenvalue weighted by atomic mass is 10.7. The molecule has 0 amide bonds. The zero-order chi connectivity index (χ0) is 9.28. The summed E-state index contributed by atoms with van der Waals surface area (Å²) in [5.74, 6) is 0. The highest BCUT2D eigenvalue weighted by molar-refractivity contribution is 6.87. The monoisotopic (exact) mass is 186 g/mol. The highest BCUT2D eigenvalue weighted by Crippen LogP contribution is 2.22. The molecule has 0 saturated carbocycles. The lowest BCUT2D eigenvalue weighted by Crippen LogP contribution is -2.30. The molecule has 0 fully saturated rings. The Morgan fingerprint density at radius 2 is 1.36 bits per heavy atom. The molecule has 0 unspecified atom stereocenters. The van der Waals surface area contributed by atoms with E-state index in [9.17, 15) is 0 Å². The summed E-state index contributed by atoms with van der Waals surface area (Å²) < 4.78 is 0. The molecule has 0 aromatic heterocycles. The van der Waals surface area contributed by atoms with E-state index >= 15 is 0 Å². The van der Waals surface area contributed by atoms with Crippen molar-refractivity contribution in [2.45, 2.75) is 45.3 Å². The number of rotatable bonds is 3. The van der Waals surface area contributed by atoms with Gasteiger partial charge in [-0.3, -0.25) is 0 Å². The molecular formula is C9H22Si2. The van der Waals surface area contributed by atoms with Crippen LogP contribution in [0.5, 0.6) is 0 Å². The van der Waals surface area contributed by atoms with Gasteiger partial charge in [-0.05, 0) is 6.04 Å². The summed E-state index contributed by atoms with van der Waals surface area (Å²) in [5.41, 5.74) is 0. The van der Waals surface area contributed by atoms with E-state index in [4.69, 9.17) is 0 Å². The summed E-state index contributed by atoms with van der Waals surface area (Å²) >= 11 is 0. The molecule has 0 aliphatic heterocycles. The van der Waals surface area contributed by atoms with Crippen molar-refractivity contribution < 1.29 is 0 Å². The van der Waals surface area contributed by atoms with Crippen LogP contribution in [0.1, 0.15) is 0 Å². The van der Waals surface area contributed by atoms with Gasteiger partial charge in [-0.1, -0.05) is 44.5 Å². The lowest BCUT2D eigenvalue weighted by Gasteiger charge is -2.25. The van der Waals surface area contributed by atoms with E-state index in [2.05, 4.69) is 45.9 Å². The predicted octanol–water partition coefficient (Wildman–Crippen LogP) is 3.76. The third kappa shape index (κ3) is 5.44. The molecule has 0 saturated heterocycles. The van der Waals surface area contributed by atoms with Crippen molar-refractivity contribution in [1.29, 1.82) is 0 Å². The zero-order valence-electron chi connectivity index (χ0n) is 8.91. The van der Waals surface area contributed by atoms with Crippen molar-refractivity contribution in [2.24, 2.45) is 0 Å². The minimum atomic E-state index is -1.03. The number of allylic oxidation sites excluding steroid dienone is 1. The molecule has 0 atom stereocenters. The highest BCUT2D eigenvalue weighted by Gasteiger charge is 2.23. The summed E-state index contributed by atoms with van der Waals surface area (Å²) in [5, 5.41) is 1.55. The topological polar surface area (TPSA) is 0 Å². The van der Waals surface area contributed by atoms with E-state index in [1.54, 1.807) is 5.20 Å². The fraction of sp³-hybridized carbons (Fsp3) is 0.778. The van der Waals surface area contributed by atoms with Crippen molar-refractivity contribution in [3.05, 3.63) is 11.8 Å². The van der Waals surface area contributed by atoms with Crippen molar-refractivity contribution in [1.82, 2.24) is 0 Å². The van der Waals surface area contributed by atoms with Crippen LogP contribution in [0, 0.1) is 0 Å². The number of hydrogen-bond acceptors (Lipinski definition) is 0. The number of hydrogen-bond donors (Lipinski definition) is 0. The normalized spacial score (nSPS) is 13.3. The van der Waals surface area contributed by atoms with Crippen LogP contribution in [0.25, 0.3) is 0 Å². The molecule has 0 aliphatic rings. The first-order chi connectivity index (χ1) is 4.63. The van der Waals surface area contributed by atoms with Crippen molar-refractivity contribution in [3.8, 4) is 0 Å². The quantitative estimate of drug-likeness (QED) is 0.589. The van der Waals surface area contributed by atoms with Gasteiger partial charge < -0.3 is 0 Å². The maximum atomic E-state index is 4.21. The van der Waals surface area contributed by atoms with Crippen LogP contribution in [-0.4, -0.2) is 16.1 Å². The molecule has 0 heterocycles. The fourth-order valence-corrected chi connectivity index (χ4v) is 5.90. The molecule has 11 heavy (non-hydrogen) atoms. The molecule has 0 aromatic rings. The Balaban J connectivity index is 4.11. The van der Waals surface area contributed by atoms with E-state index in [0.717, 1.165) is 0 Å². The van der Waals surface area contributed by atoms with Crippen LogP contribution in [0.2, 0.25) is 45.3 Å². The van der Waals surface area contributed by atoms with Gasteiger partial charge >= 0.3 is 0 Å². The van der Waals surface area contributed by atoms with Gasteiger partial charge in [0, 0.05) is 8.07 Å². The Morgan fingerprint density at radius 1 is 1.00 bits per heavy atom. The first kappa shape index (κ1) is 11.2. The second-order valence-electron chi connectivity index (χ2n) is 5.59. The largest absolute Gasteiger partial charge is 0.104 e. The fourth-order valence-electron chi connectivity index (χ4n) is 0.905. The molecule has 66 valence electrons. The molecule has 0 bridgehead atoms. The van der Waals surface area contributed by atoms with Crippen LogP contribution in [0.15, 0.2) is 11.8 Å². The Morgan fingerprint density at radius 3 is 1.45 bits per heavy atom. The van der Waals surface area contributed by atoms with E-state index < -0.39 is 16.1 Å². The Labute approximate surface area is 73.7 Å². The maximum Gasteiger partial charge on any atom is 0.0712 e. The van der Waals surface area contributed by atoms with Gasteiger partial charge in [0.1, 0.15) is 0 Å². The van der Waals surface area contributed by atoms with Crippen LogP contribution in [-0.2, 0) is 0 Å². The minimum Gasteiger partial charge on any atom is -0.104 e. The molecule has 0 spiro atoms. The highest BCUT2D eigenvalue weighted by atomic mass is 28.3. The standard InChI is InChI=1S/C9H22Si2/c1-9(11(5,6)7)8-10(2,3)4/h1,8H2,2-7H3. The van der Waals surface area contributed by atoms with Gasteiger partial charge in [-0.15, -0.1) is 6.58 Å². The Kier molecular flexibility index (Phi) is 3.32. The summed E-state index contributed by atoms with van der Waals surface area (Å²) in [6.45, 7) is 18.6. The zero-order valence-corrected chi connectivity index (χ0v) is 10.9. The molecule has 0 N–H and O–H groups in total. The molecule has 2 heteroatoms. The van der Waals surface area contributed by atoms with E-state index in [-0.39, 0.29) is 0 Å². The lowest BCUT2D eigenvalue weighted by molar-refractivity contribution is 1.43. The summed E-state index contributed by atoms with van der Waals surface area (Å²) in [7, 11) is -1.93. The van der Waals surface area contributed by atoms with Crippen molar-refractivity contribution >= 4 is 16.1 Å². The van der Waals surface area contributed by atoms with E-state index in [1.807, 2.05) is 0 Å². The second-order valence-corrected chi connectivity index (χ2v) is 16.3. The molecule has 0 aliphatic carbocycles. The summed E-state index contributed by atoms with van der Waals surface area (Å²) in [6.07, 6.45) is 0. The Hall–Kier alpha value is 0.174. The predicted molar refractivity (Wildman–Crippen MR) is 60.6 cm³/mol. The molecule has 0 radical (unpaired) electrons. The van der Waals surface area contributed by atoms with Crippen LogP contribution in [0.3, 0.4) is 0 Å². The summed E-state index contributed by atoms with van der Waals surface area (Å²) in [4.78, 5) is 0. The Bertz CT molecular complexity index is 146.